The van der Waals surface area contributed by atoms with Crippen molar-refractivity contribution in [3.8, 4) is 5.75 Å². The number of allylic oxidation sites excluding steroid dienone is 1. The van der Waals surface area contributed by atoms with Crippen molar-refractivity contribution in [1.29, 1.82) is 0 Å². The third-order valence-corrected chi connectivity index (χ3v) is 4.85. The Morgan fingerprint density at radius 1 is 1.38 bits per heavy atom. The summed E-state index contributed by atoms with van der Waals surface area (Å²) in [5.74, 6) is -2.01. The summed E-state index contributed by atoms with van der Waals surface area (Å²) in [7, 11) is 0. The fourth-order valence-corrected chi connectivity index (χ4v) is 3.42. The molecule has 0 saturated heterocycles. The highest BCUT2D eigenvalue weighted by Gasteiger charge is 2.40. The Balaban J connectivity index is 2.49. The second kappa shape index (κ2) is 7.36. The van der Waals surface area contributed by atoms with Gasteiger partial charge in [0.1, 0.15) is 16.6 Å². The van der Waals surface area contributed by atoms with Crippen LogP contribution in [0.1, 0.15) is 41.6 Å². The van der Waals surface area contributed by atoms with E-state index < -0.39 is 18.5 Å². The van der Waals surface area contributed by atoms with Gasteiger partial charge in [0.2, 0.25) is 0 Å². The van der Waals surface area contributed by atoms with Crippen LogP contribution in [0.5, 0.6) is 5.75 Å². The summed E-state index contributed by atoms with van der Waals surface area (Å²) in [6.07, 6.45) is 2.31. The third-order valence-electron chi connectivity index (χ3n) is 4.00. The van der Waals surface area contributed by atoms with E-state index in [0.717, 1.165) is 0 Å². The number of carboxylic acids is 1. The highest BCUT2D eigenvalue weighted by molar-refractivity contribution is 6.45. The molecule has 7 heteroatoms. The van der Waals surface area contributed by atoms with Crippen molar-refractivity contribution in [3.05, 3.63) is 39.9 Å². The molecule has 0 heterocycles. The smallest absolute Gasteiger partial charge is 0.341 e. The van der Waals surface area contributed by atoms with Gasteiger partial charge in [-0.1, -0.05) is 29.3 Å². The lowest BCUT2D eigenvalue weighted by molar-refractivity contribution is -0.139. The molecule has 128 valence electrons. The molecule has 0 fully saturated rings. The van der Waals surface area contributed by atoms with Crippen molar-refractivity contribution in [2.75, 3.05) is 6.61 Å². The quantitative estimate of drug-likeness (QED) is 0.735. The Labute approximate surface area is 149 Å². The van der Waals surface area contributed by atoms with Crippen LogP contribution in [0.4, 0.5) is 0 Å². The first-order chi connectivity index (χ1) is 11.3. The van der Waals surface area contributed by atoms with E-state index >= 15 is 0 Å². The average molecular weight is 371 g/mol. The van der Waals surface area contributed by atoms with Crippen LogP contribution in [0.3, 0.4) is 0 Å². The van der Waals surface area contributed by atoms with E-state index in [2.05, 4.69) is 6.58 Å². The van der Waals surface area contributed by atoms with Gasteiger partial charge in [-0.2, -0.15) is 0 Å². The number of ketones is 2. The van der Waals surface area contributed by atoms with Crippen molar-refractivity contribution in [2.45, 2.75) is 25.7 Å². The molecule has 0 aliphatic heterocycles. The molecule has 1 aromatic rings. The first kappa shape index (κ1) is 18.5. The zero-order valence-corrected chi connectivity index (χ0v) is 14.5. The van der Waals surface area contributed by atoms with Crippen LogP contribution >= 0.6 is 23.2 Å². The Kier molecular flexibility index (Phi) is 5.67. The summed E-state index contributed by atoms with van der Waals surface area (Å²) in [4.78, 5) is 34.6. The average Bonchev–Trinajstić information content (AvgIpc) is 2.78. The predicted molar refractivity (Wildman–Crippen MR) is 90.3 cm³/mol. The number of carbonyl (C=O) groups excluding carboxylic acids is 2. The highest BCUT2D eigenvalue weighted by atomic mass is 35.5. The number of hydrogen-bond donors (Lipinski definition) is 1. The lowest BCUT2D eigenvalue weighted by atomic mass is 9.87. The minimum absolute atomic E-state index is 0.0000434. The number of aliphatic carboxylic acids is 1. The number of carboxylic acid groups (broad SMARTS) is 1. The van der Waals surface area contributed by atoms with Crippen molar-refractivity contribution in [3.63, 3.8) is 0 Å². The molecule has 2 atom stereocenters. The Hall–Kier alpha value is -1.85. The number of carbonyl (C=O) groups is 3. The van der Waals surface area contributed by atoms with E-state index in [1.165, 1.54) is 13.0 Å². The van der Waals surface area contributed by atoms with Crippen LogP contribution in [0.2, 0.25) is 10.0 Å². The van der Waals surface area contributed by atoms with Crippen LogP contribution in [0.15, 0.2) is 18.7 Å². The zero-order chi connectivity index (χ0) is 18.0. The molecule has 0 aromatic heterocycles. The summed E-state index contributed by atoms with van der Waals surface area (Å²) in [5, 5.41) is 8.78. The van der Waals surface area contributed by atoms with Gasteiger partial charge in [-0.25, -0.2) is 4.79 Å². The second-order valence-electron chi connectivity index (χ2n) is 5.62. The van der Waals surface area contributed by atoms with Crippen molar-refractivity contribution in [1.82, 2.24) is 0 Å². The summed E-state index contributed by atoms with van der Waals surface area (Å²) < 4.78 is 5.16. The van der Waals surface area contributed by atoms with Crippen LogP contribution < -0.4 is 4.74 Å². The number of hydrogen-bond acceptors (Lipinski definition) is 4. The summed E-state index contributed by atoms with van der Waals surface area (Å²) in [6, 6.07) is 1.54. The monoisotopic (exact) mass is 370 g/mol. The molecular formula is C17H16Cl2O5. The molecule has 0 bridgehead atoms. The second-order valence-corrected chi connectivity index (χ2v) is 6.38. The number of halogens is 2. The molecule has 24 heavy (non-hydrogen) atoms. The maximum Gasteiger partial charge on any atom is 0.341 e. The van der Waals surface area contributed by atoms with E-state index in [-0.39, 0.29) is 33.3 Å². The maximum absolute atomic E-state index is 12.6. The molecule has 1 aromatic carbocycles. The fourth-order valence-electron chi connectivity index (χ4n) is 2.92. The Morgan fingerprint density at radius 2 is 2.04 bits per heavy atom. The molecule has 1 aliphatic rings. The maximum atomic E-state index is 12.6. The van der Waals surface area contributed by atoms with Gasteiger partial charge in [0, 0.05) is 17.9 Å². The highest BCUT2D eigenvalue weighted by Crippen LogP contribution is 2.49. The van der Waals surface area contributed by atoms with Gasteiger partial charge in [-0.15, -0.1) is 6.58 Å². The minimum atomic E-state index is -1.16. The standard InChI is InChI=1S/C17H16Cl2O5/c1-3-9-10(5-4-8(2)20)11-6-12(24-7-13(21)22)15(18)16(19)14(11)17(9)23/h3,6,9-10H,1,4-5,7H2,2H3,(H,21,22). The summed E-state index contributed by atoms with van der Waals surface area (Å²) in [5.41, 5.74) is 0.906. The number of Topliss-reactive ketones (excluding diaryl/α,β-unsaturated/α-hetero) is 2. The van der Waals surface area contributed by atoms with Crippen LogP contribution in [-0.4, -0.2) is 29.2 Å². The van der Waals surface area contributed by atoms with Crippen LogP contribution in [0.25, 0.3) is 0 Å². The number of fused-ring (bicyclic) bond motifs is 1. The van der Waals surface area contributed by atoms with Gasteiger partial charge in [0.15, 0.2) is 12.4 Å². The van der Waals surface area contributed by atoms with Gasteiger partial charge in [0.05, 0.1) is 5.02 Å². The third kappa shape index (κ3) is 3.47. The topological polar surface area (TPSA) is 80.7 Å². The molecule has 1 aliphatic carbocycles. The molecule has 0 saturated carbocycles. The van der Waals surface area contributed by atoms with Crippen molar-refractivity contribution >= 4 is 40.7 Å². The Morgan fingerprint density at radius 3 is 2.58 bits per heavy atom. The van der Waals surface area contributed by atoms with Crippen LogP contribution in [-0.2, 0) is 9.59 Å². The molecule has 5 nitrogen and oxygen atoms in total. The number of ether oxygens (including phenoxy) is 1. The normalized spacial score (nSPS) is 19.0. The summed E-state index contributed by atoms with van der Waals surface area (Å²) >= 11 is 12.3. The molecular weight excluding hydrogens is 355 g/mol. The zero-order valence-electron chi connectivity index (χ0n) is 13.0. The molecule has 2 unspecified atom stereocenters. The minimum Gasteiger partial charge on any atom is -0.480 e. The first-order valence-electron chi connectivity index (χ1n) is 7.30. The molecule has 1 N–H and O–H groups in total. The van der Waals surface area contributed by atoms with E-state index in [9.17, 15) is 14.4 Å². The lowest BCUT2D eigenvalue weighted by Gasteiger charge is -2.16. The van der Waals surface area contributed by atoms with E-state index in [1.807, 2.05) is 0 Å². The van der Waals surface area contributed by atoms with Crippen LogP contribution in [0, 0.1) is 5.92 Å². The SMILES string of the molecule is C=CC1C(=O)c2c(cc(OCC(=O)O)c(Cl)c2Cl)C1CCC(C)=O. The van der Waals surface area contributed by atoms with Gasteiger partial charge in [-0.05, 0) is 30.9 Å². The van der Waals surface area contributed by atoms with Crippen molar-refractivity contribution < 1.29 is 24.2 Å². The van der Waals surface area contributed by atoms with E-state index in [0.29, 0.717) is 24.0 Å². The number of benzene rings is 1. The molecule has 0 spiro atoms. The lowest BCUT2D eigenvalue weighted by Crippen LogP contribution is -2.12. The largest absolute Gasteiger partial charge is 0.480 e. The van der Waals surface area contributed by atoms with Gasteiger partial charge in [-0.3, -0.25) is 4.79 Å². The van der Waals surface area contributed by atoms with Crippen molar-refractivity contribution in [2.24, 2.45) is 5.92 Å². The van der Waals surface area contributed by atoms with Gasteiger partial charge >= 0.3 is 5.97 Å². The van der Waals surface area contributed by atoms with Gasteiger partial charge < -0.3 is 14.6 Å². The molecule has 0 radical (unpaired) electrons. The van der Waals surface area contributed by atoms with Gasteiger partial charge in [0.25, 0.3) is 0 Å². The molecule has 2 rings (SSSR count). The summed E-state index contributed by atoms with van der Waals surface area (Å²) in [6.45, 7) is 4.60. The first-order valence-corrected chi connectivity index (χ1v) is 8.06. The molecule has 0 amide bonds. The van der Waals surface area contributed by atoms with E-state index in [4.69, 9.17) is 33.0 Å². The van der Waals surface area contributed by atoms with E-state index in [1.54, 1.807) is 6.07 Å². The predicted octanol–water partition coefficient (Wildman–Crippen LogP) is 3.91. The number of rotatable bonds is 7. The Bertz CT molecular complexity index is 726. The fraction of sp³-hybridized carbons (Fsp3) is 0.353.